The summed E-state index contributed by atoms with van der Waals surface area (Å²) < 4.78 is 0. The Hall–Kier alpha value is -0.440. The van der Waals surface area contributed by atoms with E-state index < -0.39 is 0 Å². The molecule has 1 saturated heterocycles. The van der Waals surface area contributed by atoms with Crippen molar-refractivity contribution < 1.29 is 10.0 Å². The highest BCUT2D eigenvalue weighted by Gasteiger charge is 2.21. The van der Waals surface area contributed by atoms with Gasteiger partial charge in [-0.3, -0.25) is 0 Å². The number of hydrogen-bond acceptors (Lipinski definition) is 1. The number of nitrogens with one attached hydrogen (secondary N) is 1. The third-order valence-electron chi connectivity index (χ3n) is 3.41. The Balaban J connectivity index is 2.12. The summed E-state index contributed by atoms with van der Waals surface area (Å²) in [4.78, 5) is 1.50. The first kappa shape index (κ1) is 13.0. The zero-order valence-electron chi connectivity index (χ0n) is 9.97. The molecule has 1 fully saturated rings. The van der Waals surface area contributed by atoms with Gasteiger partial charge < -0.3 is 10.0 Å². The minimum atomic E-state index is 0.182. The summed E-state index contributed by atoms with van der Waals surface area (Å²) >= 11 is 11.9. The molecule has 1 heterocycles. The molecular formula is C13H18Cl2NO+. The topological polar surface area (TPSA) is 24.7 Å². The predicted molar refractivity (Wildman–Crippen MR) is 70.9 cm³/mol. The Kier molecular flexibility index (Phi) is 4.18. The normalized spacial score (nSPS) is 24.9. The van der Waals surface area contributed by atoms with Crippen LogP contribution in [-0.4, -0.2) is 18.2 Å². The highest BCUT2D eigenvalue weighted by molar-refractivity contribution is 6.35. The standard InChI is InChI=1S/C13H17Cl2NO/c1-9-3-2-4-16(7-9)8-10-5-11(14)6-12(15)13(10)17/h5-6,9,17H,2-4,7-8H2,1H3/p+1/t9-/m0/s1. The van der Waals surface area contributed by atoms with E-state index in [0.717, 1.165) is 31.1 Å². The van der Waals surface area contributed by atoms with Gasteiger partial charge in [-0.05, 0) is 25.0 Å². The largest absolute Gasteiger partial charge is 0.506 e. The molecule has 0 radical (unpaired) electrons. The molecule has 17 heavy (non-hydrogen) atoms. The lowest BCUT2D eigenvalue weighted by Crippen LogP contribution is -3.12. The van der Waals surface area contributed by atoms with Crippen LogP contribution in [0.4, 0.5) is 0 Å². The van der Waals surface area contributed by atoms with Crippen molar-refractivity contribution >= 4 is 23.2 Å². The molecule has 1 aromatic rings. The number of aromatic hydroxyl groups is 1. The fourth-order valence-corrected chi connectivity index (χ4v) is 3.12. The number of quaternary nitrogens is 1. The van der Waals surface area contributed by atoms with Crippen LogP contribution < -0.4 is 4.90 Å². The lowest BCUT2D eigenvalue weighted by molar-refractivity contribution is -0.922. The van der Waals surface area contributed by atoms with Crippen molar-refractivity contribution in [3.8, 4) is 5.75 Å². The molecule has 0 aromatic heterocycles. The van der Waals surface area contributed by atoms with E-state index in [1.54, 1.807) is 6.07 Å². The molecule has 0 bridgehead atoms. The molecule has 0 saturated carbocycles. The Morgan fingerprint density at radius 1 is 1.41 bits per heavy atom. The van der Waals surface area contributed by atoms with Crippen LogP contribution in [0.1, 0.15) is 25.3 Å². The van der Waals surface area contributed by atoms with Crippen molar-refractivity contribution in [1.29, 1.82) is 0 Å². The zero-order chi connectivity index (χ0) is 12.4. The van der Waals surface area contributed by atoms with Crippen molar-refractivity contribution in [3.63, 3.8) is 0 Å². The highest BCUT2D eigenvalue weighted by Crippen LogP contribution is 2.30. The first-order valence-corrected chi connectivity index (χ1v) is 6.82. The van der Waals surface area contributed by atoms with Gasteiger partial charge in [0.15, 0.2) is 0 Å². The van der Waals surface area contributed by atoms with E-state index >= 15 is 0 Å². The van der Waals surface area contributed by atoms with Gasteiger partial charge in [0.05, 0.1) is 23.7 Å². The smallest absolute Gasteiger partial charge is 0.143 e. The lowest BCUT2D eigenvalue weighted by Gasteiger charge is -2.28. The molecule has 0 spiro atoms. The van der Waals surface area contributed by atoms with Crippen molar-refractivity contribution in [3.05, 3.63) is 27.7 Å². The summed E-state index contributed by atoms with van der Waals surface area (Å²) in [5.74, 6) is 0.942. The highest BCUT2D eigenvalue weighted by atomic mass is 35.5. The molecule has 2 N–H and O–H groups in total. The molecule has 1 aliphatic rings. The lowest BCUT2D eigenvalue weighted by atomic mass is 10.00. The molecule has 0 amide bonds. The second-order valence-corrected chi connectivity index (χ2v) is 5.87. The van der Waals surface area contributed by atoms with Crippen molar-refractivity contribution in [2.24, 2.45) is 5.92 Å². The van der Waals surface area contributed by atoms with E-state index in [1.165, 1.54) is 17.7 Å². The summed E-state index contributed by atoms with van der Waals surface area (Å²) in [5, 5.41) is 10.8. The van der Waals surface area contributed by atoms with Gasteiger partial charge in [0.25, 0.3) is 0 Å². The Morgan fingerprint density at radius 3 is 2.88 bits per heavy atom. The van der Waals surface area contributed by atoms with Gasteiger partial charge >= 0.3 is 0 Å². The van der Waals surface area contributed by atoms with E-state index in [4.69, 9.17) is 23.2 Å². The molecule has 2 nitrogen and oxygen atoms in total. The van der Waals surface area contributed by atoms with E-state index in [1.807, 2.05) is 6.07 Å². The number of halogens is 2. The second-order valence-electron chi connectivity index (χ2n) is 5.02. The van der Waals surface area contributed by atoms with E-state index in [0.29, 0.717) is 10.0 Å². The Morgan fingerprint density at radius 2 is 2.18 bits per heavy atom. The van der Waals surface area contributed by atoms with Crippen LogP contribution in [0, 0.1) is 5.92 Å². The molecule has 2 rings (SSSR count). The molecule has 4 heteroatoms. The van der Waals surface area contributed by atoms with Gasteiger partial charge in [-0.1, -0.05) is 30.1 Å². The molecule has 1 aliphatic heterocycles. The summed E-state index contributed by atoms with van der Waals surface area (Å²) in [6, 6.07) is 3.39. The molecule has 1 aromatic carbocycles. The third-order valence-corrected chi connectivity index (χ3v) is 3.92. The van der Waals surface area contributed by atoms with Gasteiger partial charge in [-0.2, -0.15) is 0 Å². The molecule has 2 atom stereocenters. The van der Waals surface area contributed by atoms with E-state index in [2.05, 4.69) is 6.92 Å². The number of benzene rings is 1. The monoisotopic (exact) mass is 274 g/mol. The van der Waals surface area contributed by atoms with Crippen molar-refractivity contribution in [1.82, 2.24) is 0 Å². The fourth-order valence-electron chi connectivity index (χ4n) is 2.58. The number of rotatable bonds is 2. The number of hydrogen-bond donors (Lipinski definition) is 2. The first-order valence-electron chi connectivity index (χ1n) is 6.06. The SMILES string of the molecule is C[C@H]1CCC[NH+](Cc2cc(Cl)cc(Cl)c2O)C1. The first-order chi connectivity index (χ1) is 8.06. The zero-order valence-corrected chi connectivity index (χ0v) is 11.5. The van der Waals surface area contributed by atoms with Gasteiger partial charge in [0.1, 0.15) is 12.3 Å². The van der Waals surface area contributed by atoms with Crippen LogP contribution in [0.3, 0.4) is 0 Å². The van der Waals surface area contributed by atoms with Crippen LogP contribution in [0.5, 0.6) is 5.75 Å². The maximum absolute atomic E-state index is 9.91. The average Bonchev–Trinajstić information content (AvgIpc) is 2.25. The van der Waals surface area contributed by atoms with Gasteiger partial charge in [0, 0.05) is 10.9 Å². The molecule has 94 valence electrons. The number of piperidine rings is 1. The molecular weight excluding hydrogens is 257 g/mol. The summed E-state index contributed by atoms with van der Waals surface area (Å²) in [5.41, 5.74) is 0.853. The van der Waals surface area contributed by atoms with E-state index in [-0.39, 0.29) is 5.75 Å². The van der Waals surface area contributed by atoms with Crippen LogP contribution in [-0.2, 0) is 6.54 Å². The minimum Gasteiger partial charge on any atom is -0.506 e. The summed E-state index contributed by atoms with van der Waals surface area (Å²) in [7, 11) is 0. The number of likely N-dealkylation sites (tertiary alicyclic amines) is 1. The predicted octanol–water partition coefficient (Wildman–Crippen LogP) is 2.51. The Labute approximate surface area is 112 Å². The summed E-state index contributed by atoms with van der Waals surface area (Å²) in [6.07, 6.45) is 2.57. The minimum absolute atomic E-state index is 0.182. The number of phenols is 1. The maximum Gasteiger partial charge on any atom is 0.143 e. The third kappa shape index (κ3) is 3.27. The van der Waals surface area contributed by atoms with Crippen LogP contribution >= 0.6 is 23.2 Å². The van der Waals surface area contributed by atoms with E-state index in [9.17, 15) is 5.11 Å². The van der Waals surface area contributed by atoms with Gasteiger partial charge in [0.2, 0.25) is 0 Å². The Bertz CT molecular complexity index is 409. The fraction of sp³-hybridized carbons (Fsp3) is 0.538. The summed E-state index contributed by atoms with van der Waals surface area (Å²) in [6.45, 7) is 5.40. The number of phenolic OH excluding ortho intramolecular Hbond substituents is 1. The van der Waals surface area contributed by atoms with Crippen LogP contribution in [0.25, 0.3) is 0 Å². The van der Waals surface area contributed by atoms with Crippen LogP contribution in [0.15, 0.2) is 12.1 Å². The maximum atomic E-state index is 9.91. The van der Waals surface area contributed by atoms with Gasteiger partial charge in [-0.15, -0.1) is 0 Å². The molecule has 0 aliphatic carbocycles. The van der Waals surface area contributed by atoms with Crippen molar-refractivity contribution in [2.45, 2.75) is 26.3 Å². The van der Waals surface area contributed by atoms with Crippen molar-refractivity contribution in [2.75, 3.05) is 13.1 Å². The molecule has 1 unspecified atom stereocenters. The van der Waals surface area contributed by atoms with Crippen LogP contribution in [0.2, 0.25) is 10.0 Å². The second kappa shape index (κ2) is 5.47. The quantitative estimate of drug-likeness (QED) is 0.851. The average molecular weight is 275 g/mol. The van der Waals surface area contributed by atoms with Gasteiger partial charge in [-0.25, -0.2) is 0 Å².